The van der Waals surface area contributed by atoms with E-state index < -0.39 is 0 Å². The van der Waals surface area contributed by atoms with Crippen molar-refractivity contribution in [1.29, 1.82) is 0 Å². The van der Waals surface area contributed by atoms with Crippen molar-refractivity contribution in [2.45, 2.75) is 109 Å². The van der Waals surface area contributed by atoms with Crippen LogP contribution >= 0.6 is 0 Å². The number of nitrogens with one attached hydrogen (secondary N) is 2. The van der Waals surface area contributed by atoms with Gasteiger partial charge in [-0.25, -0.2) is 0 Å². The predicted molar refractivity (Wildman–Crippen MR) is 144 cm³/mol. The first-order valence-corrected chi connectivity index (χ1v) is 13.4. The van der Waals surface area contributed by atoms with E-state index in [9.17, 15) is 9.59 Å². The molecule has 2 saturated carbocycles. The molecular formula is C28H42N4O4. The molecule has 36 heavy (non-hydrogen) atoms. The maximum atomic E-state index is 13.6. The van der Waals surface area contributed by atoms with Gasteiger partial charge in [0, 0.05) is 31.1 Å². The van der Waals surface area contributed by atoms with Gasteiger partial charge in [-0.05, 0) is 90.5 Å². The lowest BCUT2D eigenvalue weighted by Gasteiger charge is -2.27. The Morgan fingerprint density at radius 2 is 1.50 bits per heavy atom. The van der Waals surface area contributed by atoms with Crippen LogP contribution in [0.4, 0.5) is 11.4 Å². The summed E-state index contributed by atoms with van der Waals surface area (Å²) in [7, 11) is 1.73. The Morgan fingerprint density at radius 1 is 0.861 bits per heavy atom. The molecule has 0 radical (unpaired) electrons. The minimum atomic E-state index is -0.0872. The Bertz CT molecular complexity index is 1140. The largest absolute Gasteiger partial charge is 0.379 e. The first-order valence-electron chi connectivity index (χ1n) is 13.4. The van der Waals surface area contributed by atoms with E-state index in [1.54, 1.807) is 7.11 Å². The Morgan fingerprint density at radius 3 is 2.17 bits per heavy atom. The monoisotopic (exact) mass is 498 g/mol. The van der Waals surface area contributed by atoms with E-state index in [1.807, 2.05) is 67.3 Å². The normalized spacial score (nSPS) is 24.1. The lowest BCUT2D eigenvalue weighted by molar-refractivity contribution is 0.0122. The minimum Gasteiger partial charge on any atom is -0.379 e. The van der Waals surface area contributed by atoms with Crippen LogP contribution in [-0.2, 0) is 16.1 Å². The van der Waals surface area contributed by atoms with Crippen molar-refractivity contribution in [2.24, 2.45) is 0 Å². The molecular weight excluding hydrogens is 456 g/mol. The molecule has 2 fully saturated rings. The van der Waals surface area contributed by atoms with E-state index in [0.717, 1.165) is 44.2 Å². The SMILES string of the molecule is CO[C@H]1CCC[C@H]1n1c(CO[C@H]2CCC[C@@H]2n2cccc(NC(C)C)c2=O)ccc(NC(C)C)c1=O. The highest BCUT2D eigenvalue weighted by atomic mass is 16.5. The molecule has 198 valence electrons. The van der Waals surface area contributed by atoms with Gasteiger partial charge < -0.3 is 29.2 Å². The van der Waals surface area contributed by atoms with Crippen molar-refractivity contribution in [3.63, 3.8) is 0 Å². The average molecular weight is 499 g/mol. The number of hydrogen-bond donors (Lipinski definition) is 2. The molecule has 2 aliphatic carbocycles. The number of rotatable bonds is 10. The summed E-state index contributed by atoms with van der Waals surface area (Å²) in [4.78, 5) is 26.7. The highest BCUT2D eigenvalue weighted by molar-refractivity contribution is 5.43. The fraction of sp³-hybridized carbons (Fsp3) is 0.643. The van der Waals surface area contributed by atoms with E-state index in [4.69, 9.17) is 9.47 Å². The van der Waals surface area contributed by atoms with E-state index in [0.29, 0.717) is 18.0 Å². The summed E-state index contributed by atoms with van der Waals surface area (Å²) in [5.41, 5.74) is 2.05. The van der Waals surface area contributed by atoms with E-state index >= 15 is 0 Å². The average Bonchev–Trinajstić information content (AvgIpc) is 3.49. The molecule has 0 amide bonds. The first-order chi connectivity index (χ1) is 17.3. The molecule has 0 saturated heterocycles. The second kappa shape index (κ2) is 11.6. The van der Waals surface area contributed by atoms with Crippen LogP contribution in [0.15, 0.2) is 40.1 Å². The maximum Gasteiger partial charge on any atom is 0.274 e. The van der Waals surface area contributed by atoms with Crippen molar-refractivity contribution in [3.8, 4) is 0 Å². The molecule has 2 N–H and O–H groups in total. The van der Waals surface area contributed by atoms with Crippen LogP contribution in [0.3, 0.4) is 0 Å². The Kier molecular flexibility index (Phi) is 8.57. The van der Waals surface area contributed by atoms with Crippen LogP contribution in [0.25, 0.3) is 0 Å². The summed E-state index contributed by atoms with van der Waals surface area (Å²) in [6, 6.07) is 7.94. The molecule has 4 rings (SSSR count). The van der Waals surface area contributed by atoms with E-state index in [1.165, 1.54) is 0 Å². The van der Waals surface area contributed by atoms with Gasteiger partial charge in [0.2, 0.25) is 0 Å². The van der Waals surface area contributed by atoms with Gasteiger partial charge in [0.25, 0.3) is 11.1 Å². The van der Waals surface area contributed by atoms with E-state index in [2.05, 4.69) is 10.6 Å². The van der Waals surface area contributed by atoms with Crippen molar-refractivity contribution in [2.75, 3.05) is 17.7 Å². The van der Waals surface area contributed by atoms with Crippen LogP contribution in [0.5, 0.6) is 0 Å². The molecule has 0 aliphatic heterocycles. The standard InChI is InChI=1S/C28H42N4O4/c1-18(2)29-21-9-8-16-31(27(21)33)23-10-6-13-26(23)36-17-20-14-15-22(30-19(3)4)28(34)32(20)24-11-7-12-25(24)35-5/h8-9,14-16,18-19,23-26,29-30H,6-7,10-13,17H2,1-5H3/t23-,24+,25-,26-/m0/s1. The molecule has 8 heteroatoms. The predicted octanol–water partition coefficient (Wildman–Crippen LogP) is 4.70. The summed E-state index contributed by atoms with van der Waals surface area (Å²) in [5, 5.41) is 6.54. The summed E-state index contributed by atoms with van der Waals surface area (Å²) < 4.78 is 15.9. The maximum absolute atomic E-state index is 13.6. The fourth-order valence-electron chi connectivity index (χ4n) is 5.77. The number of nitrogens with zero attached hydrogens (tertiary/aromatic N) is 2. The lowest BCUT2D eigenvalue weighted by atomic mass is 10.1. The fourth-order valence-corrected chi connectivity index (χ4v) is 5.77. The van der Waals surface area contributed by atoms with Gasteiger partial charge >= 0.3 is 0 Å². The molecule has 4 atom stereocenters. The van der Waals surface area contributed by atoms with Gasteiger partial charge in [-0.1, -0.05) is 0 Å². The summed E-state index contributed by atoms with van der Waals surface area (Å²) in [6.07, 6.45) is 7.48. The van der Waals surface area contributed by atoms with Crippen molar-refractivity contribution < 1.29 is 9.47 Å². The number of aromatic nitrogens is 2. The van der Waals surface area contributed by atoms with Crippen LogP contribution in [0.1, 0.15) is 84.0 Å². The first kappa shape index (κ1) is 26.5. The van der Waals surface area contributed by atoms with Crippen molar-refractivity contribution in [1.82, 2.24) is 9.13 Å². The number of hydrogen-bond acceptors (Lipinski definition) is 6. The second-order valence-electron chi connectivity index (χ2n) is 10.8. The topological polar surface area (TPSA) is 86.5 Å². The van der Waals surface area contributed by atoms with Crippen molar-refractivity contribution in [3.05, 3.63) is 56.9 Å². The third-order valence-electron chi connectivity index (χ3n) is 7.34. The van der Waals surface area contributed by atoms with Crippen LogP contribution < -0.4 is 21.8 Å². The number of pyridine rings is 2. The molecule has 2 heterocycles. The third-order valence-corrected chi connectivity index (χ3v) is 7.34. The van der Waals surface area contributed by atoms with Crippen LogP contribution in [0, 0.1) is 0 Å². The number of ether oxygens (including phenoxy) is 2. The van der Waals surface area contributed by atoms with Crippen molar-refractivity contribution >= 4 is 11.4 Å². The molecule has 2 aromatic heterocycles. The smallest absolute Gasteiger partial charge is 0.274 e. The zero-order valence-corrected chi connectivity index (χ0v) is 22.3. The summed E-state index contributed by atoms with van der Waals surface area (Å²) in [6.45, 7) is 8.44. The zero-order valence-electron chi connectivity index (χ0n) is 22.3. The summed E-state index contributed by atoms with van der Waals surface area (Å²) in [5.74, 6) is 0. The van der Waals surface area contributed by atoms with Crippen LogP contribution in [0.2, 0.25) is 0 Å². The second-order valence-corrected chi connectivity index (χ2v) is 10.8. The highest BCUT2D eigenvalue weighted by Gasteiger charge is 2.33. The molecule has 8 nitrogen and oxygen atoms in total. The molecule has 2 aliphatic rings. The van der Waals surface area contributed by atoms with Gasteiger partial charge in [-0.3, -0.25) is 9.59 Å². The Labute approximate surface area is 214 Å². The third kappa shape index (κ3) is 5.70. The molecule has 0 spiro atoms. The van der Waals surface area contributed by atoms with E-state index in [-0.39, 0.29) is 47.5 Å². The molecule has 0 unspecified atom stereocenters. The molecule has 0 bridgehead atoms. The van der Waals surface area contributed by atoms with Gasteiger partial charge in [0.05, 0.1) is 30.9 Å². The highest BCUT2D eigenvalue weighted by Crippen LogP contribution is 2.35. The van der Waals surface area contributed by atoms with Crippen LogP contribution in [-0.4, -0.2) is 40.5 Å². The lowest BCUT2D eigenvalue weighted by Crippen LogP contribution is -2.36. The Balaban J connectivity index is 1.59. The molecule has 2 aromatic rings. The number of methoxy groups -OCH3 is 1. The minimum absolute atomic E-state index is 0.00389. The summed E-state index contributed by atoms with van der Waals surface area (Å²) >= 11 is 0. The number of anilines is 2. The van der Waals surface area contributed by atoms with Gasteiger partial charge in [-0.15, -0.1) is 0 Å². The zero-order chi connectivity index (χ0) is 25.8. The molecule has 0 aromatic carbocycles. The van der Waals surface area contributed by atoms with Gasteiger partial charge in [0.15, 0.2) is 0 Å². The van der Waals surface area contributed by atoms with Gasteiger partial charge in [0.1, 0.15) is 11.4 Å². The quantitative estimate of drug-likeness (QED) is 0.494. The Hall–Kier alpha value is -2.58. The van der Waals surface area contributed by atoms with Gasteiger partial charge in [-0.2, -0.15) is 0 Å².